The molecule has 3 aromatic rings. The molecule has 0 aliphatic rings. The summed E-state index contributed by atoms with van der Waals surface area (Å²) in [5, 5.41) is 16.4. The minimum absolute atomic E-state index is 0.130. The van der Waals surface area contributed by atoms with Gasteiger partial charge in [-0.3, -0.25) is 4.79 Å². The lowest BCUT2D eigenvalue weighted by Crippen LogP contribution is -2.25. The fourth-order valence-electron chi connectivity index (χ4n) is 1.98. The molecule has 3 rings (SSSR count). The topological polar surface area (TPSA) is 72.7 Å². The quantitative estimate of drug-likeness (QED) is 0.778. The molecule has 0 saturated carbocycles. The van der Waals surface area contributed by atoms with Crippen molar-refractivity contribution >= 4 is 28.8 Å². The highest BCUT2D eigenvalue weighted by Gasteiger charge is 2.15. The fourth-order valence-corrected chi connectivity index (χ4v) is 2.90. The normalized spacial score (nSPS) is 10.6. The molecular formula is C14H12ClN5OS. The van der Waals surface area contributed by atoms with Crippen LogP contribution in [0.2, 0.25) is 5.02 Å². The highest BCUT2D eigenvalue weighted by Crippen LogP contribution is 2.19. The number of carbonyl (C=O) groups excluding carboxylic acids is 1. The van der Waals surface area contributed by atoms with Crippen molar-refractivity contribution in [3.63, 3.8) is 0 Å². The number of benzene rings is 1. The van der Waals surface area contributed by atoms with Crippen LogP contribution in [-0.2, 0) is 6.42 Å². The van der Waals surface area contributed by atoms with E-state index >= 15 is 0 Å². The summed E-state index contributed by atoms with van der Waals surface area (Å²) in [6, 6.07) is 9.40. The predicted octanol–water partition coefficient (Wildman–Crippen LogP) is 2.35. The van der Waals surface area contributed by atoms with Gasteiger partial charge in [-0.25, -0.2) is 0 Å². The summed E-state index contributed by atoms with van der Waals surface area (Å²) in [7, 11) is 0. The average molecular weight is 334 g/mol. The molecule has 0 saturated heterocycles. The van der Waals surface area contributed by atoms with Crippen molar-refractivity contribution in [3.05, 3.63) is 57.5 Å². The summed E-state index contributed by atoms with van der Waals surface area (Å²) < 4.78 is 1.48. The first-order valence-electron chi connectivity index (χ1n) is 6.57. The van der Waals surface area contributed by atoms with E-state index in [1.165, 1.54) is 22.3 Å². The Bertz CT molecular complexity index is 754. The zero-order valence-corrected chi connectivity index (χ0v) is 13.0. The number of amides is 1. The third-order valence-electron chi connectivity index (χ3n) is 3.06. The van der Waals surface area contributed by atoms with E-state index in [4.69, 9.17) is 11.6 Å². The van der Waals surface area contributed by atoms with Gasteiger partial charge in [-0.1, -0.05) is 23.7 Å². The summed E-state index contributed by atoms with van der Waals surface area (Å²) in [6.45, 7) is 0.549. The van der Waals surface area contributed by atoms with E-state index in [0.717, 1.165) is 12.0 Å². The minimum atomic E-state index is -0.130. The van der Waals surface area contributed by atoms with Crippen LogP contribution in [0.3, 0.4) is 0 Å². The number of tetrazole rings is 1. The fraction of sp³-hybridized carbons (Fsp3) is 0.143. The van der Waals surface area contributed by atoms with E-state index < -0.39 is 0 Å². The maximum atomic E-state index is 12.3. The van der Waals surface area contributed by atoms with Gasteiger partial charge in [0.1, 0.15) is 11.2 Å². The molecule has 0 bridgehead atoms. The molecule has 6 nitrogen and oxygen atoms in total. The number of thiophene rings is 1. The largest absolute Gasteiger partial charge is 0.351 e. The first-order chi connectivity index (χ1) is 10.7. The summed E-state index contributed by atoms with van der Waals surface area (Å²) >= 11 is 7.20. The van der Waals surface area contributed by atoms with Crippen molar-refractivity contribution in [1.29, 1.82) is 0 Å². The summed E-state index contributed by atoms with van der Waals surface area (Å²) in [5.41, 5.74) is 1.80. The number of halogens is 1. The van der Waals surface area contributed by atoms with Crippen molar-refractivity contribution in [2.45, 2.75) is 6.42 Å². The molecule has 0 atom stereocenters. The molecule has 0 unspecified atom stereocenters. The molecule has 1 aromatic carbocycles. The SMILES string of the molecule is O=C(NCCc1ccc(Cl)cc1)c1sccc1-n1cnnn1. The Kier molecular flexibility index (Phi) is 4.45. The molecule has 1 N–H and O–H groups in total. The van der Waals surface area contributed by atoms with Crippen LogP contribution in [0.1, 0.15) is 15.2 Å². The molecule has 1 amide bonds. The Morgan fingerprint density at radius 3 is 2.82 bits per heavy atom. The molecule has 2 aromatic heterocycles. The van der Waals surface area contributed by atoms with Gasteiger partial charge >= 0.3 is 0 Å². The standard InChI is InChI=1S/C14H12ClN5OS/c15-11-3-1-10(2-4-11)5-7-16-14(21)13-12(6-8-22-13)20-9-17-18-19-20/h1-4,6,8-9H,5,7H2,(H,16,21). The van der Waals surface area contributed by atoms with Crippen LogP contribution >= 0.6 is 22.9 Å². The zero-order chi connectivity index (χ0) is 15.4. The Morgan fingerprint density at radius 1 is 1.27 bits per heavy atom. The summed E-state index contributed by atoms with van der Waals surface area (Å²) in [5.74, 6) is -0.130. The third kappa shape index (κ3) is 3.32. The van der Waals surface area contributed by atoms with Crippen LogP contribution in [0, 0.1) is 0 Å². The van der Waals surface area contributed by atoms with Crippen molar-refractivity contribution in [2.24, 2.45) is 0 Å². The van der Waals surface area contributed by atoms with Gasteiger partial charge in [0.2, 0.25) is 0 Å². The minimum Gasteiger partial charge on any atom is -0.351 e. The van der Waals surface area contributed by atoms with Crippen LogP contribution in [0.4, 0.5) is 0 Å². The van der Waals surface area contributed by atoms with Gasteiger partial charge < -0.3 is 5.32 Å². The molecule has 0 fully saturated rings. The van der Waals surface area contributed by atoms with E-state index in [2.05, 4.69) is 20.8 Å². The molecule has 22 heavy (non-hydrogen) atoms. The second kappa shape index (κ2) is 6.67. The molecule has 112 valence electrons. The van der Waals surface area contributed by atoms with E-state index in [-0.39, 0.29) is 5.91 Å². The average Bonchev–Trinajstić information content (AvgIpc) is 3.19. The summed E-state index contributed by atoms with van der Waals surface area (Å²) in [6.07, 6.45) is 2.21. The number of nitrogens with one attached hydrogen (secondary N) is 1. The van der Waals surface area contributed by atoms with Crippen molar-refractivity contribution in [1.82, 2.24) is 25.5 Å². The highest BCUT2D eigenvalue weighted by molar-refractivity contribution is 7.12. The van der Waals surface area contributed by atoms with Gasteiger partial charge in [0.25, 0.3) is 5.91 Å². The van der Waals surface area contributed by atoms with E-state index in [9.17, 15) is 4.79 Å². The Morgan fingerprint density at radius 2 is 2.09 bits per heavy atom. The number of hydrogen-bond acceptors (Lipinski definition) is 5. The van der Waals surface area contributed by atoms with Crippen molar-refractivity contribution in [2.75, 3.05) is 6.54 Å². The monoisotopic (exact) mass is 333 g/mol. The van der Waals surface area contributed by atoms with Gasteiger partial charge in [-0.05, 0) is 46.0 Å². The van der Waals surface area contributed by atoms with Crippen LogP contribution in [0.5, 0.6) is 0 Å². The summed E-state index contributed by atoms with van der Waals surface area (Å²) in [4.78, 5) is 12.8. The molecule has 0 aliphatic carbocycles. The number of carbonyl (C=O) groups is 1. The van der Waals surface area contributed by atoms with Gasteiger partial charge in [-0.15, -0.1) is 16.4 Å². The number of aromatic nitrogens is 4. The van der Waals surface area contributed by atoms with E-state index in [1.54, 1.807) is 0 Å². The van der Waals surface area contributed by atoms with Crippen molar-refractivity contribution in [3.8, 4) is 5.69 Å². The number of rotatable bonds is 5. The molecule has 0 aliphatic heterocycles. The van der Waals surface area contributed by atoms with Crippen LogP contribution in [0.15, 0.2) is 42.0 Å². The van der Waals surface area contributed by atoms with Crippen LogP contribution in [-0.4, -0.2) is 32.7 Å². The molecule has 0 spiro atoms. The second-order valence-corrected chi connectivity index (χ2v) is 5.87. The lowest BCUT2D eigenvalue weighted by Gasteiger charge is -2.06. The third-order valence-corrected chi connectivity index (χ3v) is 4.21. The van der Waals surface area contributed by atoms with Gasteiger partial charge in [0, 0.05) is 11.6 Å². The maximum absolute atomic E-state index is 12.3. The van der Waals surface area contributed by atoms with Crippen molar-refractivity contribution < 1.29 is 4.79 Å². The number of nitrogens with zero attached hydrogens (tertiary/aromatic N) is 4. The molecular weight excluding hydrogens is 322 g/mol. The van der Waals surface area contributed by atoms with Gasteiger partial charge in [0.05, 0.1) is 5.69 Å². The van der Waals surface area contributed by atoms with Crippen LogP contribution in [0.25, 0.3) is 5.69 Å². The maximum Gasteiger partial charge on any atom is 0.263 e. The molecule has 8 heteroatoms. The zero-order valence-electron chi connectivity index (χ0n) is 11.4. The van der Waals surface area contributed by atoms with E-state index in [1.807, 2.05) is 35.7 Å². The van der Waals surface area contributed by atoms with Gasteiger partial charge in [-0.2, -0.15) is 4.68 Å². The first kappa shape index (κ1) is 14.7. The predicted molar refractivity (Wildman–Crippen MR) is 84.5 cm³/mol. The van der Waals surface area contributed by atoms with E-state index in [0.29, 0.717) is 22.1 Å². The van der Waals surface area contributed by atoms with Crippen LogP contribution < -0.4 is 5.32 Å². The van der Waals surface area contributed by atoms with Gasteiger partial charge in [0.15, 0.2) is 0 Å². The highest BCUT2D eigenvalue weighted by atomic mass is 35.5. The number of hydrogen-bond donors (Lipinski definition) is 1. The second-order valence-electron chi connectivity index (χ2n) is 4.52. The Balaban J connectivity index is 1.61. The lowest BCUT2D eigenvalue weighted by molar-refractivity contribution is 0.0958. The Hall–Kier alpha value is -2.25. The smallest absolute Gasteiger partial charge is 0.263 e. The molecule has 2 heterocycles. The molecule has 0 radical (unpaired) electrons. The Labute approximate surface area is 135 Å². The lowest BCUT2D eigenvalue weighted by atomic mass is 10.1. The first-order valence-corrected chi connectivity index (χ1v) is 7.83.